The summed E-state index contributed by atoms with van der Waals surface area (Å²) in [6.45, 7) is 5.85. The van der Waals surface area contributed by atoms with Crippen molar-refractivity contribution < 1.29 is 19.1 Å². The number of hydrogen-bond donors (Lipinski definition) is 1. The van der Waals surface area contributed by atoms with Gasteiger partial charge >= 0.3 is 5.97 Å². The number of nitrogens with one attached hydrogen (secondary N) is 1. The van der Waals surface area contributed by atoms with Gasteiger partial charge in [-0.3, -0.25) is 4.79 Å². The number of rotatable bonds is 9. The Balaban J connectivity index is 1.54. The summed E-state index contributed by atoms with van der Waals surface area (Å²) in [4.78, 5) is 28.8. The smallest absolute Gasteiger partial charge is 0.350 e. The van der Waals surface area contributed by atoms with Crippen LogP contribution in [0.4, 0.5) is 5.13 Å². The number of nitrogens with zero attached hydrogens (tertiary/aromatic N) is 4. The Morgan fingerprint density at radius 1 is 1.28 bits per heavy atom. The summed E-state index contributed by atoms with van der Waals surface area (Å²) in [7, 11) is 1.81. The van der Waals surface area contributed by atoms with Crippen molar-refractivity contribution >= 4 is 51.7 Å². The minimum atomic E-state index is -0.444. The lowest BCUT2D eigenvalue weighted by Crippen LogP contribution is -2.14. The number of amides is 1. The van der Waals surface area contributed by atoms with Crippen molar-refractivity contribution in [1.82, 2.24) is 19.7 Å². The molecule has 12 heteroatoms. The molecule has 0 radical (unpaired) electrons. The molecule has 0 saturated carbocycles. The Hall–Kier alpha value is -2.63. The van der Waals surface area contributed by atoms with Gasteiger partial charge in [0, 0.05) is 12.1 Å². The maximum Gasteiger partial charge on any atom is 0.350 e. The number of benzene rings is 1. The number of ether oxygens (including phenoxy) is 2. The second-order valence-electron chi connectivity index (χ2n) is 6.65. The molecule has 0 atom stereocenters. The first-order valence-corrected chi connectivity index (χ1v) is 11.8. The number of aromatic nitrogens is 4. The van der Waals surface area contributed by atoms with Crippen molar-refractivity contribution in [3.63, 3.8) is 0 Å². The highest BCUT2D eigenvalue weighted by Gasteiger charge is 2.18. The summed E-state index contributed by atoms with van der Waals surface area (Å²) in [6.07, 6.45) is 0. The van der Waals surface area contributed by atoms with Crippen molar-refractivity contribution in [2.24, 2.45) is 7.05 Å². The molecule has 1 N–H and O–H groups in total. The predicted molar refractivity (Wildman–Crippen MR) is 124 cm³/mol. The molecule has 2 aromatic heterocycles. The van der Waals surface area contributed by atoms with E-state index in [-0.39, 0.29) is 24.9 Å². The number of hydrogen-bond acceptors (Lipinski definition) is 9. The van der Waals surface area contributed by atoms with Gasteiger partial charge in [-0.2, -0.15) is 0 Å². The van der Waals surface area contributed by atoms with E-state index in [1.54, 1.807) is 24.5 Å². The third-order valence-electron chi connectivity index (χ3n) is 4.25. The molecule has 0 aliphatic heterocycles. The lowest BCUT2D eigenvalue weighted by Gasteiger charge is -2.09. The molecular formula is C20H22ClN5O4S2. The fraction of sp³-hybridized carbons (Fsp3) is 0.350. The quantitative estimate of drug-likeness (QED) is 0.350. The van der Waals surface area contributed by atoms with E-state index in [1.165, 1.54) is 11.8 Å². The van der Waals surface area contributed by atoms with Crippen LogP contribution < -0.4 is 10.1 Å². The summed E-state index contributed by atoms with van der Waals surface area (Å²) in [5.41, 5.74) is 1.44. The van der Waals surface area contributed by atoms with Gasteiger partial charge in [-0.15, -0.1) is 10.2 Å². The topological polar surface area (TPSA) is 108 Å². The first kappa shape index (κ1) is 24.0. The molecule has 0 unspecified atom stereocenters. The van der Waals surface area contributed by atoms with E-state index in [9.17, 15) is 9.59 Å². The average Bonchev–Trinajstić information content (AvgIpc) is 3.28. The zero-order chi connectivity index (χ0) is 23.3. The van der Waals surface area contributed by atoms with Crippen LogP contribution in [0.1, 0.15) is 33.7 Å². The SMILES string of the molecule is CCOC(=O)c1sc(NC(=O)CSc2nnc(COc3ccc(Cl)cc3C)n2C)nc1C. The van der Waals surface area contributed by atoms with Crippen LogP contribution in [0, 0.1) is 13.8 Å². The molecule has 0 aliphatic carbocycles. The van der Waals surface area contributed by atoms with Crippen molar-refractivity contribution in [3.05, 3.63) is 45.2 Å². The van der Waals surface area contributed by atoms with Gasteiger partial charge in [-0.1, -0.05) is 34.7 Å². The van der Waals surface area contributed by atoms with Crippen LogP contribution >= 0.6 is 34.7 Å². The van der Waals surface area contributed by atoms with E-state index in [4.69, 9.17) is 21.1 Å². The second-order valence-corrected chi connectivity index (χ2v) is 9.03. The van der Waals surface area contributed by atoms with E-state index < -0.39 is 5.97 Å². The van der Waals surface area contributed by atoms with Crippen LogP contribution in [0.5, 0.6) is 5.75 Å². The lowest BCUT2D eigenvalue weighted by atomic mass is 10.2. The van der Waals surface area contributed by atoms with Gasteiger partial charge in [-0.05, 0) is 44.5 Å². The molecule has 0 fully saturated rings. The fourth-order valence-corrected chi connectivity index (χ4v) is 4.47. The van der Waals surface area contributed by atoms with Gasteiger partial charge in [0.1, 0.15) is 17.2 Å². The molecule has 9 nitrogen and oxygen atoms in total. The summed E-state index contributed by atoms with van der Waals surface area (Å²) >= 11 is 8.29. The molecule has 2 heterocycles. The van der Waals surface area contributed by atoms with Crippen molar-refractivity contribution in [2.45, 2.75) is 32.5 Å². The predicted octanol–water partition coefficient (Wildman–Crippen LogP) is 4.03. The number of carbonyl (C=O) groups excluding carboxylic acids is 2. The highest BCUT2D eigenvalue weighted by atomic mass is 35.5. The third kappa shape index (κ3) is 5.99. The van der Waals surface area contributed by atoms with E-state index in [2.05, 4.69) is 20.5 Å². The van der Waals surface area contributed by atoms with Crippen LogP contribution in [0.3, 0.4) is 0 Å². The number of thioether (sulfide) groups is 1. The molecule has 32 heavy (non-hydrogen) atoms. The number of halogens is 1. The normalized spacial score (nSPS) is 10.8. The number of thiazole rings is 1. The summed E-state index contributed by atoms with van der Waals surface area (Å²) in [5, 5.41) is 12.5. The number of aryl methyl sites for hydroxylation is 2. The molecule has 1 amide bonds. The zero-order valence-corrected chi connectivity index (χ0v) is 20.4. The molecule has 0 spiro atoms. The van der Waals surface area contributed by atoms with E-state index in [1.807, 2.05) is 26.1 Å². The van der Waals surface area contributed by atoms with Gasteiger partial charge in [0.2, 0.25) is 5.91 Å². The van der Waals surface area contributed by atoms with E-state index >= 15 is 0 Å². The Bertz CT molecular complexity index is 1130. The fourth-order valence-electron chi connectivity index (χ4n) is 2.63. The van der Waals surface area contributed by atoms with Crippen LogP contribution in [0.15, 0.2) is 23.4 Å². The second kappa shape index (κ2) is 10.8. The maximum atomic E-state index is 12.3. The molecule has 3 aromatic rings. The van der Waals surface area contributed by atoms with Gasteiger partial charge < -0.3 is 19.4 Å². The highest BCUT2D eigenvalue weighted by molar-refractivity contribution is 7.99. The average molecular weight is 496 g/mol. The van der Waals surface area contributed by atoms with Crippen LogP contribution in [-0.4, -0.2) is 44.0 Å². The number of carbonyl (C=O) groups is 2. The highest BCUT2D eigenvalue weighted by Crippen LogP contribution is 2.25. The summed E-state index contributed by atoms with van der Waals surface area (Å²) < 4.78 is 12.6. The Morgan fingerprint density at radius 2 is 2.06 bits per heavy atom. The molecular weight excluding hydrogens is 474 g/mol. The molecule has 0 bridgehead atoms. The summed E-state index contributed by atoms with van der Waals surface area (Å²) in [6, 6.07) is 5.40. The van der Waals surface area contributed by atoms with Gasteiger partial charge in [0.05, 0.1) is 18.1 Å². The lowest BCUT2D eigenvalue weighted by molar-refractivity contribution is -0.113. The van der Waals surface area contributed by atoms with Crippen molar-refractivity contribution in [2.75, 3.05) is 17.7 Å². The molecule has 3 rings (SSSR count). The van der Waals surface area contributed by atoms with Crippen molar-refractivity contribution in [1.29, 1.82) is 0 Å². The Kier molecular flexibility index (Phi) is 8.10. The standard InChI is InChI=1S/C20H22ClN5O4S2/c1-5-29-18(28)17-12(3)22-19(32-17)23-16(27)10-31-20-25-24-15(26(20)4)9-30-14-7-6-13(21)8-11(14)2/h6-8H,5,9-10H2,1-4H3,(H,22,23,27). The first-order chi connectivity index (χ1) is 15.3. The van der Waals surface area contributed by atoms with Crippen LogP contribution in [-0.2, 0) is 23.2 Å². The molecule has 170 valence electrons. The van der Waals surface area contributed by atoms with E-state index in [0.29, 0.717) is 37.5 Å². The Labute approximate surface area is 198 Å². The molecule has 1 aromatic carbocycles. The van der Waals surface area contributed by atoms with Crippen LogP contribution in [0.2, 0.25) is 5.02 Å². The monoisotopic (exact) mass is 495 g/mol. The van der Waals surface area contributed by atoms with Gasteiger partial charge in [0.15, 0.2) is 16.1 Å². The number of esters is 1. The minimum absolute atomic E-state index is 0.108. The van der Waals surface area contributed by atoms with Crippen LogP contribution in [0.25, 0.3) is 0 Å². The third-order valence-corrected chi connectivity index (χ3v) is 6.56. The molecule has 0 saturated heterocycles. The summed E-state index contributed by atoms with van der Waals surface area (Å²) in [5.74, 6) is 0.733. The largest absolute Gasteiger partial charge is 0.485 e. The minimum Gasteiger partial charge on any atom is -0.485 e. The number of anilines is 1. The van der Waals surface area contributed by atoms with Crippen molar-refractivity contribution in [3.8, 4) is 5.75 Å². The maximum absolute atomic E-state index is 12.3. The zero-order valence-electron chi connectivity index (χ0n) is 18.0. The van der Waals surface area contributed by atoms with Gasteiger partial charge in [0.25, 0.3) is 0 Å². The van der Waals surface area contributed by atoms with E-state index in [0.717, 1.165) is 16.9 Å². The molecule has 0 aliphatic rings. The first-order valence-electron chi connectivity index (χ1n) is 9.62. The Morgan fingerprint density at radius 3 is 2.78 bits per heavy atom. The van der Waals surface area contributed by atoms with Gasteiger partial charge in [-0.25, -0.2) is 9.78 Å².